The quantitative estimate of drug-likeness (QED) is 0.330. The summed E-state index contributed by atoms with van der Waals surface area (Å²) in [7, 11) is 1.77. The van der Waals surface area contributed by atoms with E-state index in [0.29, 0.717) is 6.54 Å². The first-order valence-corrected chi connectivity index (χ1v) is 10.1. The molecule has 2 N–H and O–H groups in total. The van der Waals surface area contributed by atoms with E-state index in [0.717, 1.165) is 56.5 Å². The number of nitrogens with one attached hydrogen (secondary N) is 2. The minimum Gasteiger partial charge on any atom is -0.379 e. The molecule has 0 bridgehead atoms. The molecule has 6 nitrogen and oxygen atoms in total. The van der Waals surface area contributed by atoms with Crippen molar-refractivity contribution in [1.82, 2.24) is 20.5 Å². The van der Waals surface area contributed by atoms with E-state index in [9.17, 15) is 4.39 Å². The molecular formula is C22H31FIN5O. The van der Waals surface area contributed by atoms with Gasteiger partial charge < -0.3 is 15.4 Å². The zero-order valence-electron chi connectivity index (χ0n) is 17.6. The predicted octanol–water partition coefficient (Wildman–Crippen LogP) is 2.93. The van der Waals surface area contributed by atoms with Gasteiger partial charge in [0.15, 0.2) is 5.96 Å². The van der Waals surface area contributed by atoms with E-state index >= 15 is 0 Å². The number of aliphatic imine (C=N–C) groups is 1. The number of morpholine rings is 1. The van der Waals surface area contributed by atoms with Crippen LogP contribution in [0.3, 0.4) is 0 Å². The van der Waals surface area contributed by atoms with Gasteiger partial charge in [0.2, 0.25) is 0 Å². The number of rotatable bonds is 7. The van der Waals surface area contributed by atoms with Crippen LogP contribution in [0.4, 0.5) is 4.39 Å². The van der Waals surface area contributed by atoms with Crippen LogP contribution in [0.2, 0.25) is 0 Å². The Hall–Kier alpha value is -1.78. The molecule has 2 aromatic rings. The van der Waals surface area contributed by atoms with Crippen LogP contribution in [0.15, 0.2) is 47.6 Å². The maximum Gasteiger partial charge on any atom is 0.191 e. The summed E-state index contributed by atoms with van der Waals surface area (Å²) in [6.45, 7) is 6.58. The Labute approximate surface area is 195 Å². The molecule has 3 rings (SSSR count). The normalized spacial score (nSPS) is 15.9. The number of ether oxygens (including phenoxy) is 1. The van der Waals surface area contributed by atoms with Crippen LogP contribution in [0.25, 0.3) is 0 Å². The van der Waals surface area contributed by atoms with Crippen LogP contribution in [0.5, 0.6) is 0 Å². The van der Waals surface area contributed by atoms with E-state index in [-0.39, 0.29) is 35.8 Å². The van der Waals surface area contributed by atoms with Crippen LogP contribution >= 0.6 is 24.0 Å². The molecule has 1 aliphatic rings. The zero-order chi connectivity index (χ0) is 20.5. The third-order valence-electron chi connectivity index (χ3n) is 5.11. The number of aromatic nitrogens is 1. The summed E-state index contributed by atoms with van der Waals surface area (Å²) in [5.41, 5.74) is 3.30. The number of nitrogens with zero attached hydrogens (tertiary/aromatic N) is 3. The second-order valence-electron chi connectivity index (χ2n) is 7.15. The molecule has 0 amide bonds. The molecule has 0 aliphatic carbocycles. The predicted molar refractivity (Wildman–Crippen MR) is 129 cm³/mol. The molecule has 1 aromatic heterocycles. The molecule has 1 atom stereocenters. The molecule has 0 radical (unpaired) electrons. The summed E-state index contributed by atoms with van der Waals surface area (Å²) in [6.07, 6.45) is 2.79. The molecule has 0 spiro atoms. The van der Waals surface area contributed by atoms with Crippen molar-refractivity contribution in [3.8, 4) is 0 Å². The van der Waals surface area contributed by atoms with Crippen molar-refractivity contribution in [2.75, 3.05) is 46.4 Å². The third kappa shape index (κ3) is 7.48. The Morgan fingerprint density at radius 1 is 1.17 bits per heavy atom. The second-order valence-corrected chi connectivity index (χ2v) is 7.15. The topological polar surface area (TPSA) is 61.8 Å². The molecule has 164 valence electrons. The summed E-state index contributed by atoms with van der Waals surface area (Å²) in [6, 6.07) is 11.0. The molecule has 1 saturated heterocycles. The van der Waals surface area contributed by atoms with Crippen LogP contribution < -0.4 is 10.6 Å². The Morgan fingerprint density at radius 3 is 2.53 bits per heavy atom. The van der Waals surface area contributed by atoms with Gasteiger partial charge in [-0.25, -0.2) is 4.39 Å². The first kappa shape index (κ1) is 24.5. The van der Waals surface area contributed by atoms with Gasteiger partial charge in [0.1, 0.15) is 5.82 Å². The number of guanidine groups is 1. The van der Waals surface area contributed by atoms with Crippen molar-refractivity contribution in [3.05, 3.63) is 65.2 Å². The Kier molecular flexibility index (Phi) is 10.5. The van der Waals surface area contributed by atoms with E-state index < -0.39 is 0 Å². The van der Waals surface area contributed by atoms with Gasteiger partial charge >= 0.3 is 0 Å². The Balaban J connectivity index is 0.00000320. The molecular weight excluding hydrogens is 496 g/mol. The van der Waals surface area contributed by atoms with Crippen LogP contribution in [-0.4, -0.2) is 62.3 Å². The van der Waals surface area contributed by atoms with Crippen molar-refractivity contribution >= 4 is 29.9 Å². The molecule has 1 unspecified atom stereocenters. The Morgan fingerprint density at radius 2 is 1.90 bits per heavy atom. The van der Waals surface area contributed by atoms with Gasteiger partial charge in [-0.1, -0.05) is 18.2 Å². The van der Waals surface area contributed by atoms with E-state index in [4.69, 9.17) is 4.74 Å². The molecule has 30 heavy (non-hydrogen) atoms. The molecule has 1 fully saturated rings. The van der Waals surface area contributed by atoms with Crippen LogP contribution in [0.1, 0.15) is 22.9 Å². The highest BCUT2D eigenvalue weighted by atomic mass is 127. The smallest absolute Gasteiger partial charge is 0.191 e. The summed E-state index contributed by atoms with van der Waals surface area (Å²) in [4.78, 5) is 11.0. The van der Waals surface area contributed by atoms with Crippen molar-refractivity contribution in [1.29, 1.82) is 0 Å². The lowest BCUT2D eigenvalue weighted by atomic mass is 10.0. The fraction of sp³-hybridized carbons (Fsp3) is 0.455. The Bertz CT molecular complexity index is 779. The number of benzene rings is 1. The van der Waals surface area contributed by atoms with Crippen molar-refractivity contribution < 1.29 is 9.13 Å². The van der Waals surface area contributed by atoms with Gasteiger partial charge in [0, 0.05) is 45.1 Å². The van der Waals surface area contributed by atoms with E-state index in [1.807, 2.05) is 31.3 Å². The summed E-state index contributed by atoms with van der Waals surface area (Å²) in [5, 5.41) is 6.78. The van der Waals surface area contributed by atoms with Crippen LogP contribution in [-0.2, 0) is 11.2 Å². The second kappa shape index (κ2) is 12.8. The van der Waals surface area contributed by atoms with Gasteiger partial charge in [0.25, 0.3) is 0 Å². The van der Waals surface area contributed by atoms with E-state index in [1.165, 1.54) is 17.7 Å². The van der Waals surface area contributed by atoms with Crippen LogP contribution in [0, 0.1) is 12.7 Å². The average molecular weight is 527 g/mol. The lowest BCUT2D eigenvalue weighted by Gasteiger charge is -2.35. The SMILES string of the molecule is CN=C(NCCc1ccc(C)nc1)NCC(c1ccc(F)cc1)N1CCOCC1.I. The zero-order valence-corrected chi connectivity index (χ0v) is 19.9. The summed E-state index contributed by atoms with van der Waals surface area (Å²) < 4.78 is 18.9. The molecule has 1 aliphatic heterocycles. The average Bonchev–Trinajstić information content (AvgIpc) is 2.76. The number of hydrogen-bond donors (Lipinski definition) is 2. The summed E-state index contributed by atoms with van der Waals surface area (Å²) >= 11 is 0. The maximum atomic E-state index is 13.4. The number of halogens is 2. The van der Waals surface area contributed by atoms with Crippen molar-refractivity contribution in [2.45, 2.75) is 19.4 Å². The monoisotopic (exact) mass is 527 g/mol. The highest BCUT2D eigenvalue weighted by molar-refractivity contribution is 14.0. The number of pyridine rings is 1. The fourth-order valence-electron chi connectivity index (χ4n) is 3.42. The molecule has 0 saturated carbocycles. The lowest BCUT2D eigenvalue weighted by Crippen LogP contribution is -2.46. The molecule has 8 heteroatoms. The lowest BCUT2D eigenvalue weighted by molar-refractivity contribution is 0.0170. The summed E-state index contributed by atoms with van der Waals surface area (Å²) in [5.74, 6) is 0.538. The molecule has 1 aromatic carbocycles. The van der Waals surface area contributed by atoms with Gasteiger partial charge in [-0.15, -0.1) is 24.0 Å². The number of aryl methyl sites for hydroxylation is 1. The van der Waals surface area contributed by atoms with E-state index in [2.05, 4.69) is 31.6 Å². The van der Waals surface area contributed by atoms with Gasteiger partial charge in [-0.3, -0.25) is 14.9 Å². The standard InChI is InChI=1S/C22H30FN5O.HI/c1-17-3-4-18(15-26-17)9-10-25-22(24-2)27-16-21(28-11-13-29-14-12-28)19-5-7-20(23)8-6-19;/h3-8,15,21H,9-14,16H2,1-2H3,(H2,24,25,27);1H. The first-order valence-electron chi connectivity index (χ1n) is 10.1. The van der Waals surface area contributed by atoms with Gasteiger partial charge in [0.05, 0.1) is 19.3 Å². The van der Waals surface area contributed by atoms with Crippen molar-refractivity contribution in [3.63, 3.8) is 0 Å². The first-order chi connectivity index (χ1) is 14.2. The van der Waals surface area contributed by atoms with E-state index in [1.54, 1.807) is 7.05 Å². The highest BCUT2D eigenvalue weighted by Crippen LogP contribution is 2.21. The fourth-order valence-corrected chi connectivity index (χ4v) is 3.42. The molecule has 2 heterocycles. The van der Waals surface area contributed by atoms with Gasteiger partial charge in [-0.2, -0.15) is 0 Å². The highest BCUT2D eigenvalue weighted by Gasteiger charge is 2.23. The number of hydrogen-bond acceptors (Lipinski definition) is 4. The van der Waals surface area contributed by atoms with Gasteiger partial charge in [-0.05, 0) is 42.7 Å². The minimum atomic E-state index is -0.217. The third-order valence-corrected chi connectivity index (χ3v) is 5.11. The van der Waals surface area contributed by atoms with Crippen molar-refractivity contribution in [2.24, 2.45) is 4.99 Å². The largest absolute Gasteiger partial charge is 0.379 e. The minimum absolute atomic E-state index is 0. The maximum absolute atomic E-state index is 13.4.